The maximum Gasteiger partial charge on any atom is 0.119 e. The summed E-state index contributed by atoms with van der Waals surface area (Å²) in [6.45, 7) is 15.9. The summed E-state index contributed by atoms with van der Waals surface area (Å²) < 4.78 is 11.7. The Morgan fingerprint density at radius 2 is 1.15 bits per heavy atom. The minimum atomic E-state index is 0. The van der Waals surface area contributed by atoms with Crippen molar-refractivity contribution < 1.29 is 9.47 Å². The molecule has 0 N–H and O–H groups in total. The van der Waals surface area contributed by atoms with E-state index in [1.165, 1.54) is 0 Å². The van der Waals surface area contributed by atoms with Crippen LogP contribution in [0.4, 0.5) is 0 Å². The van der Waals surface area contributed by atoms with Gasteiger partial charge in [0.15, 0.2) is 0 Å². The van der Waals surface area contributed by atoms with E-state index < -0.39 is 0 Å². The summed E-state index contributed by atoms with van der Waals surface area (Å²) in [6.07, 6.45) is 1.90. The minimum Gasteiger partial charge on any atom is -0.492 e. The maximum absolute atomic E-state index is 9.65. The molecular formula is C27H39Cl2N3O2. The second-order valence-electron chi connectivity index (χ2n) is 7.51. The van der Waals surface area contributed by atoms with Gasteiger partial charge < -0.3 is 19.3 Å². The Morgan fingerprint density at radius 1 is 0.735 bits per heavy atom. The van der Waals surface area contributed by atoms with Gasteiger partial charge in [-0.3, -0.25) is 0 Å². The highest BCUT2D eigenvalue weighted by Gasteiger charge is 2.04. The fraction of sp³-hybridized carbons (Fsp3) is 0.444. The van der Waals surface area contributed by atoms with Crippen LogP contribution >= 0.6 is 24.8 Å². The number of hydrogen-bond donors (Lipinski definition) is 0. The lowest BCUT2D eigenvalue weighted by Gasteiger charge is -2.18. The first-order valence-corrected chi connectivity index (χ1v) is 11.7. The number of hydrogen-bond acceptors (Lipinski definition) is 5. The number of nitrogens with zero attached hydrogens (tertiary/aromatic N) is 3. The van der Waals surface area contributed by atoms with Crippen molar-refractivity contribution in [1.82, 2.24) is 9.80 Å². The van der Waals surface area contributed by atoms with Gasteiger partial charge in [0, 0.05) is 13.1 Å². The summed E-state index contributed by atoms with van der Waals surface area (Å²) in [7, 11) is 0. The van der Waals surface area contributed by atoms with Crippen LogP contribution in [0.2, 0.25) is 0 Å². The van der Waals surface area contributed by atoms with Crippen LogP contribution in [0.25, 0.3) is 11.6 Å². The third kappa shape index (κ3) is 10.8. The normalized spacial score (nSPS) is 10.9. The number of halogens is 2. The molecule has 34 heavy (non-hydrogen) atoms. The summed E-state index contributed by atoms with van der Waals surface area (Å²) in [5.74, 6) is 1.67. The summed E-state index contributed by atoms with van der Waals surface area (Å²) in [4.78, 5) is 4.66. The van der Waals surface area contributed by atoms with E-state index in [0.717, 1.165) is 61.9 Å². The molecule has 0 saturated heterocycles. The molecule has 7 heteroatoms. The van der Waals surface area contributed by atoms with Gasteiger partial charge in [-0.1, -0.05) is 39.8 Å². The van der Waals surface area contributed by atoms with Crippen LogP contribution in [0.15, 0.2) is 48.5 Å². The first-order chi connectivity index (χ1) is 15.6. The first-order valence-electron chi connectivity index (χ1n) is 11.7. The van der Waals surface area contributed by atoms with Crippen molar-refractivity contribution in [3.05, 3.63) is 59.7 Å². The third-order valence-electron chi connectivity index (χ3n) is 5.62. The number of rotatable bonds is 14. The molecule has 2 rings (SSSR count). The van der Waals surface area contributed by atoms with E-state index >= 15 is 0 Å². The first kappa shape index (κ1) is 31.8. The van der Waals surface area contributed by atoms with Gasteiger partial charge >= 0.3 is 0 Å². The average Bonchev–Trinajstić information content (AvgIpc) is 2.84. The van der Waals surface area contributed by atoms with Crippen molar-refractivity contribution in [1.29, 1.82) is 5.26 Å². The van der Waals surface area contributed by atoms with Gasteiger partial charge in [0.05, 0.1) is 11.6 Å². The number of nitriles is 1. The molecule has 0 unspecified atom stereocenters. The summed E-state index contributed by atoms with van der Waals surface area (Å²) in [5, 5.41) is 9.65. The third-order valence-corrected chi connectivity index (χ3v) is 5.62. The van der Waals surface area contributed by atoms with Crippen molar-refractivity contribution in [3.63, 3.8) is 0 Å². The molecule has 0 amide bonds. The van der Waals surface area contributed by atoms with Gasteiger partial charge in [-0.15, -0.1) is 24.8 Å². The molecule has 0 aliphatic heterocycles. The second-order valence-corrected chi connectivity index (χ2v) is 7.51. The Labute approximate surface area is 218 Å². The van der Waals surface area contributed by atoms with Crippen molar-refractivity contribution >= 4 is 36.5 Å². The van der Waals surface area contributed by atoms with Gasteiger partial charge in [0.25, 0.3) is 0 Å². The van der Waals surface area contributed by atoms with E-state index in [0.29, 0.717) is 18.8 Å². The highest BCUT2D eigenvalue weighted by atomic mass is 35.5. The zero-order valence-electron chi connectivity index (χ0n) is 20.8. The van der Waals surface area contributed by atoms with Crippen LogP contribution in [-0.2, 0) is 0 Å². The fourth-order valence-electron chi connectivity index (χ4n) is 3.40. The largest absolute Gasteiger partial charge is 0.492 e. The lowest BCUT2D eigenvalue weighted by Crippen LogP contribution is -2.27. The van der Waals surface area contributed by atoms with Crippen molar-refractivity contribution in [2.24, 2.45) is 0 Å². The van der Waals surface area contributed by atoms with Gasteiger partial charge in [0.2, 0.25) is 0 Å². The quantitative estimate of drug-likeness (QED) is 0.230. The van der Waals surface area contributed by atoms with Gasteiger partial charge in [-0.25, -0.2) is 0 Å². The molecule has 0 fully saturated rings. The molecule has 0 saturated carbocycles. The number of allylic oxidation sites excluding steroid dienone is 1. The SMILES string of the molecule is CCN(CC)CCOc1ccc(C=C(C#N)c2ccc(OCCN(CC)CC)cc2)cc1.Cl.Cl. The molecule has 0 bridgehead atoms. The number of ether oxygens (including phenoxy) is 2. The van der Waals surface area contributed by atoms with Crippen LogP contribution in [0.1, 0.15) is 38.8 Å². The molecule has 0 spiro atoms. The summed E-state index contributed by atoms with van der Waals surface area (Å²) >= 11 is 0. The fourth-order valence-corrected chi connectivity index (χ4v) is 3.40. The zero-order valence-corrected chi connectivity index (χ0v) is 22.5. The van der Waals surface area contributed by atoms with Gasteiger partial charge in [-0.2, -0.15) is 5.26 Å². The van der Waals surface area contributed by atoms with Crippen LogP contribution in [0.3, 0.4) is 0 Å². The lowest BCUT2D eigenvalue weighted by molar-refractivity contribution is 0.223. The monoisotopic (exact) mass is 507 g/mol. The minimum absolute atomic E-state index is 0. The van der Waals surface area contributed by atoms with Crippen molar-refractivity contribution in [2.45, 2.75) is 27.7 Å². The zero-order chi connectivity index (χ0) is 23.2. The highest BCUT2D eigenvalue weighted by Crippen LogP contribution is 2.22. The van der Waals surface area contributed by atoms with Crippen molar-refractivity contribution in [3.8, 4) is 17.6 Å². The molecule has 0 atom stereocenters. The maximum atomic E-state index is 9.65. The Bertz CT molecular complexity index is 857. The molecular weight excluding hydrogens is 469 g/mol. The Kier molecular flexibility index (Phi) is 17.0. The van der Waals surface area contributed by atoms with Crippen LogP contribution in [0.5, 0.6) is 11.5 Å². The molecule has 188 valence electrons. The molecule has 0 radical (unpaired) electrons. The van der Waals surface area contributed by atoms with Crippen molar-refractivity contribution in [2.75, 3.05) is 52.5 Å². The van der Waals surface area contributed by atoms with E-state index in [-0.39, 0.29) is 24.8 Å². The smallest absolute Gasteiger partial charge is 0.119 e. The summed E-state index contributed by atoms with van der Waals surface area (Å²) in [6, 6.07) is 17.9. The van der Waals surface area contributed by atoms with E-state index in [2.05, 4.69) is 43.6 Å². The lowest BCUT2D eigenvalue weighted by atomic mass is 10.0. The Balaban J connectivity index is 0.00000544. The van der Waals surface area contributed by atoms with E-state index in [1.54, 1.807) is 0 Å². The van der Waals surface area contributed by atoms with E-state index in [4.69, 9.17) is 9.47 Å². The van der Waals surface area contributed by atoms with E-state index in [1.807, 2.05) is 54.6 Å². The molecule has 5 nitrogen and oxygen atoms in total. The molecule has 0 aliphatic rings. The molecule has 0 heterocycles. The van der Waals surface area contributed by atoms with Crippen LogP contribution < -0.4 is 9.47 Å². The van der Waals surface area contributed by atoms with Gasteiger partial charge in [0.1, 0.15) is 24.7 Å². The van der Waals surface area contributed by atoms with Gasteiger partial charge in [-0.05, 0) is 79.8 Å². The second kappa shape index (κ2) is 18.1. The number of likely N-dealkylation sites (N-methyl/N-ethyl adjacent to an activating group) is 2. The van der Waals surface area contributed by atoms with Crippen LogP contribution in [-0.4, -0.2) is 62.3 Å². The predicted molar refractivity (Wildman–Crippen MR) is 147 cm³/mol. The highest BCUT2D eigenvalue weighted by molar-refractivity contribution is 5.89. The number of benzene rings is 2. The Hall–Kier alpha value is -2.23. The molecule has 2 aromatic carbocycles. The Morgan fingerprint density at radius 3 is 1.53 bits per heavy atom. The van der Waals surface area contributed by atoms with E-state index in [9.17, 15) is 5.26 Å². The summed E-state index contributed by atoms with van der Waals surface area (Å²) in [5.41, 5.74) is 2.47. The standard InChI is InChI=1S/C27H37N3O2.2ClH/c1-5-29(6-2)17-19-31-26-13-9-23(10-14-26)21-25(22-28)24-11-15-27(16-12-24)32-20-18-30(7-3)8-4;;/h9-16,21H,5-8,17-20H2,1-4H3;2*1H. The topological polar surface area (TPSA) is 48.7 Å². The predicted octanol–water partition coefficient (Wildman–Crippen LogP) is 6.04. The molecule has 2 aromatic rings. The molecule has 0 aromatic heterocycles. The average molecular weight is 509 g/mol. The van der Waals surface area contributed by atoms with Crippen LogP contribution in [0, 0.1) is 11.3 Å². The molecule has 0 aliphatic carbocycles.